The number of likely N-dealkylation sites (tertiary alicyclic amines) is 1. The molecule has 0 unspecified atom stereocenters. The van der Waals surface area contributed by atoms with Gasteiger partial charge in [-0.1, -0.05) is 12.1 Å². The number of nitrogens with zero attached hydrogens (tertiary/aromatic N) is 3. The highest BCUT2D eigenvalue weighted by Gasteiger charge is 2.31. The molecule has 0 bridgehead atoms. The van der Waals surface area contributed by atoms with Crippen LogP contribution >= 0.6 is 0 Å². The molecule has 1 aromatic carbocycles. The molecule has 6 nitrogen and oxygen atoms in total. The van der Waals surface area contributed by atoms with Gasteiger partial charge in [-0.05, 0) is 25.3 Å². The number of piperidine rings is 1. The third-order valence-corrected chi connectivity index (χ3v) is 4.32. The van der Waals surface area contributed by atoms with E-state index in [0.29, 0.717) is 24.8 Å². The van der Waals surface area contributed by atoms with Crippen LogP contribution in [-0.4, -0.2) is 39.6 Å². The van der Waals surface area contributed by atoms with Crippen LogP contribution in [0.4, 0.5) is 8.78 Å². The molecule has 0 saturated carbocycles. The fourth-order valence-electron chi connectivity index (χ4n) is 3.11. The maximum atomic E-state index is 13.8. The number of hydrogen-bond acceptors (Lipinski definition) is 4. The lowest BCUT2D eigenvalue weighted by Gasteiger charge is -2.34. The number of H-pyrrole nitrogens is 1. The average molecular weight is 350 g/mol. The minimum atomic E-state index is -0.968. The topological polar surface area (TPSA) is 71.1 Å². The van der Waals surface area contributed by atoms with Gasteiger partial charge in [0.2, 0.25) is 5.91 Å². The summed E-state index contributed by atoms with van der Waals surface area (Å²) in [6.07, 6.45) is 2.37. The van der Waals surface area contributed by atoms with Crippen molar-refractivity contribution in [2.24, 2.45) is 0 Å². The first kappa shape index (κ1) is 17.5. The van der Waals surface area contributed by atoms with Crippen molar-refractivity contribution in [2.45, 2.75) is 38.3 Å². The average Bonchev–Trinajstić information content (AvgIpc) is 3.08. The molecule has 1 aliphatic rings. The Morgan fingerprint density at radius 3 is 3.04 bits per heavy atom. The largest absolute Gasteiger partial charge is 0.377 e. The van der Waals surface area contributed by atoms with E-state index in [1.807, 2.05) is 0 Å². The molecule has 1 aliphatic heterocycles. The first-order valence-corrected chi connectivity index (χ1v) is 8.22. The molecule has 1 aromatic heterocycles. The molecule has 0 spiro atoms. The van der Waals surface area contributed by atoms with Crippen molar-refractivity contribution < 1.29 is 18.3 Å². The SMILES string of the molecule is COCc1nc([C@H]2CCCCN2C(=O)Cc2cccc(F)c2F)n[nH]1. The monoisotopic (exact) mass is 350 g/mol. The number of carbonyl (C=O) groups is 1. The van der Waals surface area contributed by atoms with Gasteiger partial charge < -0.3 is 9.64 Å². The number of carbonyl (C=O) groups excluding carboxylic acids is 1. The minimum Gasteiger partial charge on any atom is -0.377 e. The first-order valence-electron chi connectivity index (χ1n) is 8.22. The third kappa shape index (κ3) is 3.84. The van der Waals surface area contributed by atoms with Crippen LogP contribution in [0.25, 0.3) is 0 Å². The summed E-state index contributed by atoms with van der Waals surface area (Å²) in [5.74, 6) is -1.05. The number of hydrogen-bond donors (Lipinski definition) is 1. The van der Waals surface area contributed by atoms with Crippen LogP contribution in [0, 0.1) is 11.6 Å². The summed E-state index contributed by atoms with van der Waals surface area (Å²) in [6.45, 7) is 0.858. The van der Waals surface area contributed by atoms with E-state index in [1.54, 1.807) is 12.0 Å². The number of benzene rings is 1. The number of aromatic nitrogens is 3. The number of methoxy groups -OCH3 is 1. The predicted molar refractivity (Wildman–Crippen MR) is 85.5 cm³/mol. The smallest absolute Gasteiger partial charge is 0.227 e. The predicted octanol–water partition coefficient (Wildman–Crippen LogP) is 2.53. The minimum absolute atomic E-state index is 0.0596. The molecule has 3 rings (SSSR count). The van der Waals surface area contributed by atoms with Gasteiger partial charge in [-0.3, -0.25) is 9.89 Å². The zero-order chi connectivity index (χ0) is 17.8. The van der Waals surface area contributed by atoms with Crippen molar-refractivity contribution in [1.82, 2.24) is 20.1 Å². The number of halogens is 2. The van der Waals surface area contributed by atoms with Crippen LogP contribution < -0.4 is 0 Å². The van der Waals surface area contributed by atoms with E-state index in [2.05, 4.69) is 15.2 Å². The molecule has 1 saturated heterocycles. The third-order valence-electron chi connectivity index (χ3n) is 4.32. The highest BCUT2D eigenvalue weighted by Crippen LogP contribution is 2.29. The Kier molecular flexibility index (Phi) is 5.37. The maximum Gasteiger partial charge on any atom is 0.227 e. The Balaban J connectivity index is 1.77. The van der Waals surface area contributed by atoms with Crippen LogP contribution in [0.3, 0.4) is 0 Å². The highest BCUT2D eigenvalue weighted by atomic mass is 19.2. The van der Waals surface area contributed by atoms with Crippen LogP contribution in [0.15, 0.2) is 18.2 Å². The van der Waals surface area contributed by atoms with E-state index in [-0.39, 0.29) is 23.9 Å². The standard InChI is InChI=1S/C17H20F2N4O2/c1-25-10-14-20-17(22-21-14)13-7-2-3-8-23(13)15(24)9-11-5-4-6-12(18)16(11)19/h4-6,13H,2-3,7-10H2,1H3,(H,20,21,22)/t13-/m1/s1. The van der Waals surface area contributed by atoms with Gasteiger partial charge >= 0.3 is 0 Å². The lowest BCUT2D eigenvalue weighted by atomic mass is 10.00. The summed E-state index contributed by atoms with van der Waals surface area (Å²) >= 11 is 0. The van der Waals surface area contributed by atoms with Gasteiger partial charge in [0, 0.05) is 19.2 Å². The van der Waals surface area contributed by atoms with Crippen molar-refractivity contribution >= 4 is 5.91 Å². The fourth-order valence-corrected chi connectivity index (χ4v) is 3.11. The highest BCUT2D eigenvalue weighted by molar-refractivity contribution is 5.79. The van der Waals surface area contributed by atoms with Gasteiger partial charge in [0.05, 0.1) is 12.5 Å². The molecular weight excluding hydrogens is 330 g/mol. The van der Waals surface area contributed by atoms with E-state index in [0.717, 1.165) is 25.3 Å². The van der Waals surface area contributed by atoms with Crippen molar-refractivity contribution in [3.8, 4) is 0 Å². The molecule has 0 radical (unpaired) electrons. The van der Waals surface area contributed by atoms with Gasteiger partial charge in [-0.15, -0.1) is 0 Å². The lowest BCUT2D eigenvalue weighted by Crippen LogP contribution is -2.40. The van der Waals surface area contributed by atoms with E-state index in [9.17, 15) is 13.6 Å². The first-order chi connectivity index (χ1) is 12.1. The summed E-state index contributed by atoms with van der Waals surface area (Å²) in [7, 11) is 1.56. The van der Waals surface area contributed by atoms with Crippen molar-refractivity contribution in [2.75, 3.05) is 13.7 Å². The Hall–Kier alpha value is -2.35. The summed E-state index contributed by atoms with van der Waals surface area (Å²) in [6, 6.07) is 3.61. The zero-order valence-electron chi connectivity index (χ0n) is 14.0. The Morgan fingerprint density at radius 1 is 1.40 bits per heavy atom. The molecular formula is C17H20F2N4O2. The molecule has 2 aromatic rings. The zero-order valence-corrected chi connectivity index (χ0v) is 14.0. The van der Waals surface area contributed by atoms with Crippen LogP contribution in [-0.2, 0) is 22.6 Å². The van der Waals surface area contributed by atoms with Gasteiger partial charge in [-0.25, -0.2) is 13.8 Å². The van der Waals surface area contributed by atoms with Crippen molar-refractivity contribution in [3.63, 3.8) is 0 Å². The molecule has 1 atom stereocenters. The molecule has 0 aliphatic carbocycles. The molecule has 1 N–H and O–H groups in total. The summed E-state index contributed by atoms with van der Waals surface area (Å²) in [4.78, 5) is 18.7. The summed E-state index contributed by atoms with van der Waals surface area (Å²) < 4.78 is 32.2. The van der Waals surface area contributed by atoms with Crippen LogP contribution in [0.1, 0.15) is 42.5 Å². The Bertz CT molecular complexity index is 750. The molecule has 8 heteroatoms. The lowest BCUT2D eigenvalue weighted by molar-refractivity contribution is -0.134. The second-order valence-corrected chi connectivity index (χ2v) is 6.06. The molecule has 2 heterocycles. The normalized spacial score (nSPS) is 17.7. The molecule has 25 heavy (non-hydrogen) atoms. The van der Waals surface area contributed by atoms with Crippen molar-refractivity contribution in [1.29, 1.82) is 0 Å². The van der Waals surface area contributed by atoms with Gasteiger partial charge in [-0.2, -0.15) is 5.10 Å². The fraction of sp³-hybridized carbons (Fsp3) is 0.471. The number of ether oxygens (including phenoxy) is 1. The summed E-state index contributed by atoms with van der Waals surface area (Å²) in [5.41, 5.74) is 0.0596. The molecule has 1 fully saturated rings. The Labute approximate surface area is 144 Å². The summed E-state index contributed by atoms with van der Waals surface area (Å²) in [5, 5.41) is 6.98. The van der Waals surface area contributed by atoms with E-state index in [1.165, 1.54) is 12.1 Å². The molecule has 134 valence electrons. The van der Waals surface area contributed by atoms with E-state index < -0.39 is 11.6 Å². The number of nitrogens with one attached hydrogen (secondary N) is 1. The van der Waals surface area contributed by atoms with Gasteiger partial charge in [0.25, 0.3) is 0 Å². The molecule has 1 amide bonds. The van der Waals surface area contributed by atoms with Crippen LogP contribution in [0.2, 0.25) is 0 Å². The van der Waals surface area contributed by atoms with Crippen molar-refractivity contribution in [3.05, 3.63) is 47.0 Å². The van der Waals surface area contributed by atoms with E-state index in [4.69, 9.17) is 4.74 Å². The number of aromatic amines is 1. The quantitative estimate of drug-likeness (QED) is 0.899. The van der Waals surface area contributed by atoms with Gasteiger partial charge in [0.1, 0.15) is 6.61 Å². The van der Waals surface area contributed by atoms with Crippen LogP contribution in [0.5, 0.6) is 0 Å². The maximum absolute atomic E-state index is 13.8. The van der Waals surface area contributed by atoms with Gasteiger partial charge in [0.15, 0.2) is 23.3 Å². The second-order valence-electron chi connectivity index (χ2n) is 6.06. The second kappa shape index (κ2) is 7.69. The van der Waals surface area contributed by atoms with E-state index >= 15 is 0 Å². The Morgan fingerprint density at radius 2 is 2.24 bits per heavy atom. The number of amides is 1. The number of rotatable bonds is 5.